The van der Waals surface area contributed by atoms with Crippen molar-refractivity contribution >= 4 is 27.8 Å². The second-order valence-electron chi connectivity index (χ2n) is 4.34. The Morgan fingerprint density at radius 1 is 1.10 bits per heavy atom. The Balaban J connectivity index is 1.93. The number of nitrogens with zero attached hydrogens (tertiary/aromatic N) is 3. The van der Waals surface area contributed by atoms with E-state index in [0.717, 1.165) is 33.4 Å². The number of hydrogen-bond donors (Lipinski definition) is 1. The minimum atomic E-state index is 0.500. The average molecular weight is 302 g/mol. The first-order chi connectivity index (χ1) is 9.76. The molecule has 0 aliphatic heterocycles. The summed E-state index contributed by atoms with van der Waals surface area (Å²) in [6, 6.07) is 10.4. The Hall–Kier alpha value is -1.79. The summed E-state index contributed by atoms with van der Waals surface area (Å²) in [4.78, 5) is 5.83. The van der Waals surface area contributed by atoms with Crippen molar-refractivity contribution in [3.05, 3.63) is 46.6 Å². The molecule has 0 radical (unpaired) electrons. The third kappa shape index (κ3) is 2.71. The van der Waals surface area contributed by atoms with Crippen LogP contribution in [0.1, 0.15) is 23.2 Å². The van der Waals surface area contributed by atoms with E-state index < -0.39 is 0 Å². The molecule has 3 aromatic rings. The maximum absolute atomic E-state index is 5.67. The Morgan fingerprint density at radius 2 is 1.90 bits per heavy atom. The smallest absolute Gasteiger partial charge is 0.203 e. The summed E-state index contributed by atoms with van der Waals surface area (Å²) in [7, 11) is 0. The van der Waals surface area contributed by atoms with Gasteiger partial charge in [0.1, 0.15) is 0 Å². The van der Waals surface area contributed by atoms with Gasteiger partial charge in [0.2, 0.25) is 5.13 Å². The van der Waals surface area contributed by atoms with E-state index in [1.54, 1.807) is 11.3 Å². The molecule has 0 aliphatic rings. The van der Waals surface area contributed by atoms with E-state index in [-0.39, 0.29) is 0 Å². The fourth-order valence-electron chi connectivity index (χ4n) is 1.98. The number of anilines is 1. The van der Waals surface area contributed by atoms with Crippen molar-refractivity contribution in [2.45, 2.75) is 19.8 Å². The molecule has 0 saturated carbocycles. The highest BCUT2D eigenvalue weighted by Gasteiger charge is 2.15. The summed E-state index contributed by atoms with van der Waals surface area (Å²) < 4.78 is 0. The molecule has 0 spiro atoms. The first kappa shape index (κ1) is 13.2. The molecule has 2 N–H and O–H groups in total. The second kappa shape index (κ2) is 5.68. The van der Waals surface area contributed by atoms with Gasteiger partial charge in [-0.25, -0.2) is 4.98 Å². The fraction of sp³-hybridized carbons (Fsp3) is 0.214. The molecule has 0 aliphatic carbocycles. The molecule has 20 heavy (non-hydrogen) atoms. The van der Waals surface area contributed by atoms with E-state index in [1.807, 2.05) is 6.07 Å². The monoisotopic (exact) mass is 302 g/mol. The lowest BCUT2D eigenvalue weighted by Crippen LogP contribution is -1.88. The van der Waals surface area contributed by atoms with Crippen molar-refractivity contribution in [2.24, 2.45) is 0 Å². The topological polar surface area (TPSA) is 64.7 Å². The van der Waals surface area contributed by atoms with Gasteiger partial charge >= 0.3 is 0 Å². The zero-order valence-electron chi connectivity index (χ0n) is 11.0. The highest BCUT2D eigenvalue weighted by Crippen LogP contribution is 2.34. The van der Waals surface area contributed by atoms with Crippen LogP contribution in [0.15, 0.2) is 30.3 Å². The van der Waals surface area contributed by atoms with Gasteiger partial charge in [-0.05, 0) is 12.0 Å². The number of benzene rings is 1. The Kier molecular flexibility index (Phi) is 3.75. The average Bonchev–Trinajstić information content (AvgIpc) is 3.06. The number of aryl methyl sites for hydroxylation is 1. The predicted octanol–water partition coefficient (Wildman–Crippen LogP) is 3.40. The molecule has 102 valence electrons. The molecule has 2 heterocycles. The summed E-state index contributed by atoms with van der Waals surface area (Å²) in [5, 5.41) is 10.5. The van der Waals surface area contributed by atoms with Crippen LogP contribution in [0, 0.1) is 0 Å². The maximum Gasteiger partial charge on any atom is 0.203 e. The van der Waals surface area contributed by atoms with Crippen molar-refractivity contribution in [3.63, 3.8) is 0 Å². The van der Waals surface area contributed by atoms with E-state index in [1.165, 1.54) is 16.9 Å². The summed E-state index contributed by atoms with van der Waals surface area (Å²) in [5.74, 6) is 0. The van der Waals surface area contributed by atoms with E-state index in [4.69, 9.17) is 10.7 Å². The lowest BCUT2D eigenvalue weighted by Gasteiger charge is -1.95. The van der Waals surface area contributed by atoms with Crippen LogP contribution in [-0.4, -0.2) is 15.2 Å². The van der Waals surface area contributed by atoms with Gasteiger partial charge in [0.05, 0.1) is 15.6 Å². The molecule has 4 nitrogen and oxygen atoms in total. The number of nitrogens with two attached hydrogens (primary N) is 1. The molecule has 0 amide bonds. The van der Waals surface area contributed by atoms with Crippen LogP contribution in [0.5, 0.6) is 0 Å². The molecule has 0 atom stereocenters. The van der Waals surface area contributed by atoms with Gasteiger partial charge < -0.3 is 5.73 Å². The molecular formula is C14H14N4S2. The van der Waals surface area contributed by atoms with E-state index in [9.17, 15) is 0 Å². The first-order valence-corrected chi connectivity index (χ1v) is 8.01. The Labute approximate surface area is 125 Å². The number of rotatable bonds is 4. The normalized spacial score (nSPS) is 10.8. The lowest BCUT2D eigenvalue weighted by molar-refractivity contribution is 1.02. The van der Waals surface area contributed by atoms with Gasteiger partial charge in [-0.2, -0.15) is 0 Å². The first-order valence-electron chi connectivity index (χ1n) is 6.38. The fourth-order valence-corrected chi connectivity index (χ4v) is 3.87. The number of thiazole rings is 1. The van der Waals surface area contributed by atoms with E-state index in [2.05, 4.69) is 41.4 Å². The van der Waals surface area contributed by atoms with Crippen LogP contribution >= 0.6 is 22.7 Å². The molecule has 0 unspecified atom stereocenters. The zero-order valence-corrected chi connectivity index (χ0v) is 12.7. The summed E-state index contributed by atoms with van der Waals surface area (Å²) >= 11 is 3.10. The third-order valence-electron chi connectivity index (χ3n) is 2.91. The van der Waals surface area contributed by atoms with Crippen LogP contribution < -0.4 is 5.73 Å². The van der Waals surface area contributed by atoms with Crippen LogP contribution in [0.3, 0.4) is 0 Å². The van der Waals surface area contributed by atoms with Crippen molar-refractivity contribution < 1.29 is 0 Å². The van der Waals surface area contributed by atoms with Crippen LogP contribution in [0.2, 0.25) is 0 Å². The van der Waals surface area contributed by atoms with Gasteiger partial charge in [0.15, 0.2) is 5.01 Å². The largest absolute Gasteiger partial charge is 0.374 e. The van der Waals surface area contributed by atoms with Gasteiger partial charge in [-0.15, -0.1) is 21.5 Å². The molecule has 0 fully saturated rings. The molecule has 1 aromatic carbocycles. The SMILES string of the molecule is CCc1nc(Cc2ccccc2)sc1-c1nnc(N)s1. The number of hydrogen-bond acceptors (Lipinski definition) is 6. The van der Waals surface area contributed by atoms with Gasteiger partial charge in [0.25, 0.3) is 0 Å². The van der Waals surface area contributed by atoms with Crippen LogP contribution in [0.4, 0.5) is 5.13 Å². The van der Waals surface area contributed by atoms with E-state index in [0.29, 0.717) is 5.13 Å². The van der Waals surface area contributed by atoms with Gasteiger partial charge in [-0.3, -0.25) is 0 Å². The van der Waals surface area contributed by atoms with Crippen LogP contribution in [0.25, 0.3) is 9.88 Å². The zero-order chi connectivity index (χ0) is 13.9. The number of aromatic nitrogens is 3. The minimum Gasteiger partial charge on any atom is -0.374 e. The van der Waals surface area contributed by atoms with Crippen molar-refractivity contribution in [2.75, 3.05) is 5.73 Å². The lowest BCUT2D eigenvalue weighted by atomic mass is 10.2. The standard InChI is InChI=1S/C14H14N4S2/c1-2-10-12(13-17-18-14(15)20-13)19-11(16-10)8-9-6-4-3-5-7-9/h3-7H,2,8H2,1H3,(H2,15,18). The van der Waals surface area contributed by atoms with Crippen molar-refractivity contribution in [1.29, 1.82) is 0 Å². The summed E-state index contributed by atoms with van der Waals surface area (Å²) in [6.45, 7) is 2.11. The molecule has 0 saturated heterocycles. The van der Waals surface area contributed by atoms with Gasteiger partial charge in [-0.1, -0.05) is 48.6 Å². The molecule has 2 aromatic heterocycles. The van der Waals surface area contributed by atoms with Crippen molar-refractivity contribution in [1.82, 2.24) is 15.2 Å². The van der Waals surface area contributed by atoms with E-state index >= 15 is 0 Å². The summed E-state index contributed by atoms with van der Waals surface area (Å²) in [5.41, 5.74) is 8.02. The van der Waals surface area contributed by atoms with Crippen LogP contribution in [-0.2, 0) is 12.8 Å². The summed E-state index contributed by atoms with van der Waals surface area (Å²) in [6.07, 6.45) is 1.74. The van der Waals surface area contributed by atoms with Crippen molar-refractivity contribution in [3.8, 4) is 9.88 Å². The highest BCUT2D eigenvalue weighted by molar-refractivity contribution is 7.23. The predicted molar refractivity (Wildman–Crippen MR) is 84.1 cm³/mol. The quantitative estimate of drug-likeness (QED) is 0.802. The molecule has 0 bridgehead atoms. The number of nitrogen functional groups attached to an aromatic ring is 1. The molecule has 3 rings (SSSR count). The second-order valence-corrected chi connectivity index (χ2v) is 6.44. The third-order valence-corrected chi connectivity index (χ3v) is 4.91. The molecular weight excluding hydrogens is 288 g/mol. The minimum absolute atomic E-state index is 0.500. The highest BCUT2D eigenvalue weighted by atomic mass is 32.1. The Bertz CT molecular complexity index is 703. The Morgan fingerprint density at radius 3 is 2.55 bits per heavy atom. The molecule has 6 heteroatoms. The van der Waals surface area contributed by atoms with Gasteiger partial charge in [0, 0.05) is 6.42 Å². The maximum atomic E-state index is 5.67.